The van der Waals surface area contributed by atoms with Crippen molar-refractivity contribution in [1.29, 1.82) is 0 Å². The van der Waals surface area contributed by atoms with Crippen molar-refractivity contribution < 1.29 is 42.9 Å². The van der Waals surface area contributed by atoms with Gasteiger partial charge in [-0.25, -0.2) is 0 Å². The Morgan fingerprint density at radius 2 is 0.722 bits per heavy atom. The predicted octanol–water partition coefficient (Wildman–Crippen LogP) is 18.8. The topological polar surface area (TPSA) is 111 Å². The van der Waals surface area contributed by atoms with Gasteiger partial charge in [-0.3, -0.25) is 9.59 Å². The van der Waals surface area contributed by atoms with E-state index in [-0.39, 0.29) is 38.6 Å². The molecule has 0 amide bonds. The van der Waals surface area contributed by atoms with Crippen LogP contribution in [0.5, 0.6) is 0 Å². The molecular weight excluding hydrogens is 983 g/mol. The number of unbranched alkanes of at least 4 members (excludes halogenated alkanes) is 34. The summed E-state index contributed by atoms with van der Waals surface area (Å²) in [5.74, 6) is -2.31. The Kier molecular flexibility index (Phi) is 58.3. The molecule has 2 unspecified atom stereocenters. The summed E-state index contributed by atoms with van der Waals surface area (Å²) < 4.78 is 22.7. The Labute approximate surface area is 487 Å². The number of rotatable bonds is 61. The number of esters is 2. The number of carbonyl (C=O) groups is 3. The van der Waals surface area contributed by atoms with Crippen molar-refractivity contribution in [2.24, 2.45) is 0 Å². The van der Waals surface area contributed by atoms with E-state index in [0.29, 0.717) is 23.9 Å². The van der Waals surface area contributed by atoms with Gasteiger partial charge in [0.2, 0.25) is 0 Å². The first-order valence-electron chi connectivity index (χ1n) is 33.1. The van der Waals surface area contributed by atoms with Gasteiger partial charge in [-0.05, 0) is 83.5 Å². The summed E-state index contributed by atoms with van der Waals surface area (Å²) in [6.07, 6.45) is 77.3. The molecule has 0 saturated carbocycles. The van der Waals surface area contributed by atoms with E-state index in [2.05, 4.69) is 86.8 Å². The third-order valence-corrected chi connectivity index (χ3v) is 14.4. The van der Waals surface area contributed by atoms with Crippen LogP contribution in [0.3, 0.4) is 0 Å². The molecule has 0 aliphatic carbocycles. The molecule has 79 heavy (non-hydrogen) atoms. The average Bonchev–Trinajstić information content (AvgIpc) is 3.42. The normalized spacial score (nSPS) is 13.2. The first-order chi connectivity index (χ1) is 38.6. The SMILES string of the molecule is CC/C=C\C/C=C\C/C=C\CCCCCC(=O)OCC(COC(OCC[N+](C)(C)C)C(=O)[O-])OC(=O)CCCCCCCCCCCCCCCCCCCCCCCCCCCC/C=C\C/C=C\C/C=C\CCCCCCC. The molecule has 0 aromatic rings. The van der Waals surface area contributed by atoms with E-state index >= 15 is 0 Å². The number of likely N-dealkylation sites (N-methyl/N-ethyl adjacent to an activating group) is 1. The number of carboxylic acids is 1. The number of allylic oxidation sites excluding steroid dienone is 12. The van der Waals surface area contributed by atoms with Crippen molar-refractivity contribution >= 4 is 17.9 Å². The molecule has 0 aromatic carbocycles. The molecular formula is C70H125NO8. The quantitative estimate of drug-likeness (QED) is 0.0195. The second-order valence-electron chi connectivity index (χ2n) is 23.4. The number of ether oxygens (including phenoxy) is 4. The fourth-order valence-electron chi connectivity index (χ4n) is 9.38. The fraction of sp³-hybridized carbons (Fsp3) is 0.786. The summed E-state index contributed by atoms with van der Waals surface area (Å²) in [6, 6.07) is 0. The summed E-state index contributed by atoms with van der Waals surface area (Å²) >= 11 is 0. The first-order valence-corrected chi connectivity index (χ1v) is 33.1. The molecule has 0 rings (SSSR count). The van der Waals surface area contributed by atoms with E-state index in [1.54, 1.807) is 0 Å². The largest absolute Gasteiger partial charge is 0.545 e. The lowest BCUT2D eigenvalue weighted by molar-refractivity contribution is -0.870. The summed E-state index contributed by atoms with van der Waals surface area (Å²) in [6.45, 7) is 4.60. The Bertz CT molecular complexity index is 1520. The number of aliphatic carboxylic acids is 1. The molecule has 0 radical (unpaired) electrons. The summed E-state index contributed by atoms with van der Waals surface area (Å²) in [7, 11) is 5.91. The minimum atomic E-state index is -1.63. The molecule has 0 aliphatic rings. The molecule has 0 fully saturated rings. The van der Waals surface area contributed by atoms with Crippen molar-refractivity contribution in [3.05, 3.63) is 72.9 Å². The lowest BCUT2D eigenvalue weighted by atomic mass is 10.0. The van der Waals surface area contributed by atoms with E-state index in [0.717, 1.165) is 64.2 Å². The van der Waals surface area contributed by atoms with Crippen molar-refractivity contribution in [1.82, 2.24) is 0 Å². The zero-order valence-electron chi connectivity index (χ0n) is 52.2. The molecule has 0 N–H and O–H groups in total. The summed E-state index contributed by atoms with van der Waals surface area (Å²) in [5, 5.41) is 11.8. The summed E-state index contributed by atoms with van der Waals surface area (Å²) in [4.78, 5) is 37.2. The number of carboxylic acid groups (broad SMARTS) is 1. The Balaban J connectivity index is 3.92. The third-order valence-electron chi connectivity index (χ3n) is 14.4. The highest BCUT2D eigenvalue weighted by Crippen LogP contribution is 2.18. The number of quaternary nitrogens is 1. The van der Waals surface area contributed by atoms with Gasteiger partial charge < -0.3 is 33.3 Å². The Morgan fingerprint density at radius 1 is 0.392 bits per heavy atom. The maximum atomic E-state index is 12.9. The van der Waals surface area contributed by atoms with Gasteiger partial charge in [-0.15, -0.1) is 0 Å². The van der Waals surface area contributed by atoms with Gasteiger partial charge in [0, 0.05) is 12.8 Å². The van der Waals surface area contributed by atoms with Crippen LogP contribution in [0.2, 0.25) is 0 Å². The van der Waals surface area contributed by atoms with Crippen LogP contribution in [0, 0.1) is 0 Å². The van der Waals surface area contributed by atoms with Crippen molar-refractivity contribution in [2.45, 2.75) is 309 Å². The molecule has 2 atom stereocenters. The third kappa shape index (κ3) is 62.2. The van der Waals surface area contributed by atoms with Crippen LogP contribution in [0.15, 0.2) is 72.9 Å². The highest BCUT2D eigenvalue weighted by Gasteiger charge is 2.22. The number of nitrogens with zero attached hydrogens (tertiary/aromatic N) is 1. The van der Waals surface area contributed by atoms with Crippen LogP contribution in [0.25, 0.3) is 0 Å². The Hall–Kier alpha value is -3.27. The molecule has 0 spiro atoms. The van der Waals surface area contributed by atoms with Crippen molar-refractivity contribution in [3.8, 4) is 0 Å². The zero-order chi connectivity index (χ0) is 57.6. The van der Waals surface area contributed by atoms with Gasteiger partial charge in [-0.1, -0.05) is 273 Å². The zero-order valence-corrected chi connectivity index (χ0v) is 52.2. The van der Waals surface area contributed by atoms with Crippen LogP contribution in [-0.2, 0) is 33.3 Å². The van der Waals surface area contributed by atoms with E-state index in [1.165, 1.54) is 193 Å². The molecule has 458 valence electrons. The van der Waals surface area contributed by atoms with Crippen LogP contribution < -0.4 is 5.11 Å². The monoisotopic (exact) mass is 1110 g/mol. The van der Waals surface area contributed by atoms with E-state index in [1.807, 2.05) is 21.1 Å². The van der Waals surface area contributed by atoms with Crippen LogP contribution in [0.4, 0.5) is 0 Å². The average molecular weight is 1110 g/mol. The predicted molar refractivity (Wildman–Crippen MR) is 334 cm³/mol. The lowest BCUT2D eigenvalue weighted by Crippen LogP contribution is -2.44. The summed E-state index contributed by atoms with van der Waals surface area (Å²) in [5.41, 5.74) is 0. The van der Waals surface area contributed by atoms with Gasteiger partial charge in [-0.2, -0.15) is 0 Å². The van der Waals surface area contributed by atoms with Gasteiger partial charge in [0.15, 0.2) is 12.4 Å². The van der Waals surface area contributed by atoms with Gasteiger partial charge in [0.05, 0.1) is 40.3 Å². The number of hydrogen-bond acceptors (Lipinski definition) is 8. The number of hydrogen-bond donors (Lipinski definition) is 0. The molecule has 0 aliphatic heterocycles. The minimum absolute atomic E-state index is 0.142. The first kappa shape index (κ1) is 75.7. The molecule has 9 heteroatoms. The van der Waals surface area contributed by atoms with Crippen LogP contribution >= 0.6 is 0 Å². The lowest BCUT2D eigenvalue weighted by Gasteiger charge is -2.26. The Morgan fingerprint density at radius 3 is 1.09 bits per heavy atom. The standard InChI is InChI=1S/C70H125NO8/c1-6-8-10-12-14-16-18-20-21-22-23-24-25-26-27-28-29-30-31-32-33-34-35-36-37-38-39-40-41-42-43-44-45-46-47-49-51-53-55-57-59-61-68(73)79-66(65-78-70(69(74)75)76-63-62-71(3,4)5)64-77-67(72)60-58-56-54-52-50-48-19-17-15-13-11-9-7-2/h9,11,15,17-18,20,22-23,25-26,48,50,66,70H,6-8,10,12-14,16,19,21,24,27-47,49,51-65H2,1-5H3/b11-9-,17-15-,20-18-,23-22-,26-25-,50-48-. The van der Waals surface area contributed by atoms with E-state index in [9.17, 15) is 19.5 Å². The van der Waals surface area contributed by atoms with Gasteiger partial charge in [0.25, 0.3) is 0 Å². The maximum absolute atomic E-state index is 12.9. The van der Waals surface area contributed by atoms with Crippen molar-refractivity contribution in [3.63, 3.8) is 0 Å². The van der Waals surface area contributed by atoms with E-state index in [4.69, 9.17) is 18.9 Å². The molecule has 0 bridgehead atoms. The highest BCUT2D eigenvalue weighted by molar-refractivity contribution is 5.70. The molecule has 0 heterocycles. The second kappa shape index (κ2) is 60.8. The van der Waals surface area contributed by atoms with Gasteiger partial charge >= 0.3 is 11.9 Å². The highest BCUT2D eigenvalue weighted by atomic mass is 16.7. The van der Waals surface area contributed by atoms with Crippen LogP contribution in [-0.4, -0.2) is 82.3 Å². The maximum Gasteiger partial charge on any atom is 0.306 e. The van der Waals surface area contributed by atoms with Gasteiger partial charge in [0.1, 0.15) is 13.2 Å². The van der Waals surface area contributed by atoms with E-state index < -0.39 is 24.3 Å². The molecule has 0 saturated heterocycles. The fourth-order valence-corrected chi connectivity index (χ4v) is 9.38. The molecule has 0 aromatic heterocycles. The smallest absolute Gasteiger partial charge is 0.306 e. The minimum Gasteiger partial charge on any atom is -0.545 e. The van der Waals surface area contributed by atoms with Crippen molar-refractivity contribution in [2.75, 3.05) is 47.5 Å². The molecule has 9 nitrogen and oxygen atoms in total. The van der Waals surface area contributed by atoms with Crippen LogP contribution in [0.1, 0.15) is 296 Å². The number of carbonyl (C=O) groups excluding carboxylic acids is 3. The second-order valence-corrected chi connectivity index (χ2v) is 23.4.